The number of alkyl halides is 2. The first-order valence-corrected chi connectivity index (χ1v) is 2.89. The minimum Gasteiger partial charge on any atom is -0.258 e. The molecule has 0 aliphatic heterocycles. The Balaban J connectivity index is 4.27. The summed E-state index contributed by atoms with van der Waals surface area (Å²) < 4.78 is 0. The van der Waals surface area contributed by atoms with E-state index in [9.17, 15) is 20.2 Å². The molecular weight excluding hydrogens is 187 g/mol. The molecule has 0 radical (unpaired) electrons. The summed E-state index contributed by atoms with van der Waals surface area (Å²) in [7, 11) is 0. The molecule has 0 aromatic heterocycles. The van der Waals surface area contributed by atoms with Crippen molar-refractivity contribution < 1.29 is 9.85 Å². The highest BCUT2D eigenvalue weighted by molar-refractivity contribution is 6.44. The standard InChI is InChI=1S/C2H2Cl2N2O4/c3-1(4)2(5(7)8)6(9)10/h1-2H. The van der Waals surface area contributed by atoms with Crippen molar-refractivity contribution in [3.05, 3.63) is 20.2 Å². The number of rotatable bonds is 3. The van der Waals surface area contributed by atoms with Crippen molar-refractivity contribution in [1.29, 1.82) is 0 Å². The van der Waals surface area contributed by atoms with E-state index >= 15 is 0 Å². The van der Waals surface area contributed by atoms with Crippen LogP contribution < -0.4 is 0 Å². The predicted octanol–water partition coefficient (Wildman–Crippen LogP) is 0.670. The number of nitrogens with zero attached hydrogens (tertiary/aromatic N) is 2. The van der Waals surface area contributed by atoms with Gasteiger partial charge in [0.15, 0.2) is 0 Å². The summed E-state index contributed by atoms with van der Waals surface area (Å²) >= 11 is 9.83. The fourth-order valence-corrected chi connectivity index (χ4v) is 0.629. The lowest BCUT2D eigenvalue weighted by Crippen LogP contribution is -2.34. The Bertz CT molecular complexity index is 145. The monoisotopic (exact) mass is 188 g/mol. The quantitative estimate of drug-likeness (QED) is 0.282. The normalized spacial score (nSPS) is 10.4. The van der Waals surface area contributed by atoms with E-state index in [0.29, 0.717) is 0 Å². The van der Waals surface area contributed by atoms with Gasteiger partial charge in [0, 0.05) is 0 Å². The van der Waals surface area contributed by atoms with Gasteiger partial charge in [0.2, 0.25) is 4.84 Å². The van der Waals surface area contributed by atoms with Crippen LogP contribution in [-0.2, 0) is 0 Å². The molecule has 0 aromatic rings. The molecule has 58 valence electrons. The van der Waals surface area contributed by atoms with Crippen LogP contribution in [0.2, 0.25) is 0 Å². The van der Waals surface area contributed by atoms with E-state index in [1.165, 1.54) is 0 Å². The topological polar surface area (TPSA) is 86.3 Å². The fourth-order valence-electron chi connectivity index (χ4n) is 0.261. The zero-order chi connectivity index (χ0) is 8.31. The maximum absolute atomic E-state index is 9.78. The maximum Gasteiger partial charge on any atom is 0.479 e. The highest BCUT2D eigenvalue weighted by Gasteiger charge is 2.39. The average molecular weight is 189 g/mol. The van der Waals surface area contributed by atoms with Crippen LogP contribution in [-0.4, -0.2) is 20.8 Å². The molecule has 0 unspecified atom stereocenters. The van der Waals surface area contributed by atoms with Gasteiger partial charge in [0.05, 0.1) is 9.85 Å². The van der Waals surface area contributed by atoms with Crippen molar-refractivity contribution in [2.45, 2.75) is 11.0 Å². The molecule has 0 spiro atoms. The van der Waals surface area contributed by atoms with Gasteiger partial charge in [-0.2, -0.15) is 0 Å². The Morgan fingerprint density at radius 3 is 1.40 bits per heavy atom. The Labute approximate surface area is 65.0 Å². The minimum atomic E-state index is -2.14. The second-order valence-corrected chi connectivity index (χ2v) is 2.48. The molecule has 0 saturated carbocycles. The summed E-state index contributed by atoms with van der Waals surface area (Å²) in [5, 5.41) is 19.6. The van der Waals surface area contributed by atoms with Crippen LogP contribution >= 0.6 is 23.2 Å². The van der Waals surface area contributed by atoms with Gasteiger partial charge in [0.25, 0.3) is 0 Å². The predicted molar refractivity (Wildman–Crippen MR) is 33.3 cm³/mol. The van der Waals surface area contributed by atoms with Crippen molar-refractivity contribution >= 4 is 23.2 Å². The zero-order valence-corrected chi connectivity index (χ0v) is 5.95. The Hall–Kier alpha value is -0.620. The lowest BCUT2D eigenvalue weighted by Gasteiger charge is -1.99. The van der Waals surface area contributed by atoms with Crippen LogP contribution in [0.25, 0.3) is 0 Å². The molecule has 8 heteroatoms. The van der Waals surface area contributed by atoms with E-state index in [0.717, 1.165) is 0 Å². The van der Waals surface area contributed by atoms with Crippen LogP contribution in [0, 0.1) is 20.2 Å². The van der Waals surface area contributed by atoms with Crippen molar-refractivity contribution in [3.63, 3.8) is 0 Å². The SMILES string of the molecule is O=[N+]([O-])C(C(Cl)Cl)[N+](=O)[O-]. The number of halogens is 2. The van der Waals surface area contributed by atoms with Gasteiger partial charge in [0.1, 0.15) is 0 Å². The smallest absolute Gasteiger partial charge is 0.258 e. The third kappa shape index (κ3) is 2.32. The van der Waals surface area contributed by atoms with E-state index in [-0.39, 0.29) is 0 Å². The maximum atomic E-state index is 9.78. The summed E-state index contributed by atoms with van der Waals surface area (Å²) in [6.07, 6.45) is -2.14. The molecule has 10 heavy (non-hydrogen) atoms. The van der Waals surface area contributed by atoms with Crippen LogP contribution in [0.3, 0.4) is 0 Å². The van der Waals surface area contributed by atoms with E-state index in [1.807, 2.05) is 0 Å². The van der Waals surface area contributed by atoms with Crippen molar-refractivity contribution in [2.75, 3.05) is 0 Å². The third-order valence-electron chi connectivity index (χ3n) is 0.657. The number of nitro groups is 2. The molecule has 0 aliphatic rings. The first kappa shape index (κ1) is 9.38. The van der Waals surface area contributed by atoms with E-state index in [4.69, 9.17) is 23.2 Å². The highest BCUT2D eigenvalue weighted by Crippen LogP contribution is 2.10. The van der Waals surface area contributed by atoms with Crippen LogP contribution in [0.5, 0.6) is 0 Å². The zero-order valence-electron chi connectivity index (χ0n) is 4.44. The molecule has 0 atom stereocenters. The van der Waals surface area contributed by atoms with Crippen LogP contribution in [0.15, 0.2) is 0 Å². The molecule has 0 bridgehead atoms. The Kier molecular flexibility index (Phi) is 3.31. The molecule has 0 rings (SSSR count). The van der Waals surface area contributed by atoms with Crippen molar-refractivity contribution in [2.24, 2.45) is 0 Å². The van der Waals surface area contributed by atoms with Gasteiger partial charge < -0.3 is 0 Å². The molecule has 0 saturated heterocycles. The second kappa shape index (κ2) is 3.52. The highest BCUT2D eigenvalue weighted by atomic mass is 35.5. The summed E-state index contributed by atoms with van der Waals surface area (Å²) in [5.74, 6) is 0. The number of hydrogen-bond donors (Lipinski definition) is 0. The summed E-state index contributed by atoms with van der Waals surface area (Å²) in [6.45, 7) is 0. The summed E-state index contributed by atoms with van der Waals surface area (Å²) in [6, 6.07) is 0. The number of hydrogen-bond acceptors (Lipinski definition) is 4. The van der Waals surface area contributed by atoms with E-state index < -0.39 is 20.8 Å². The summed E-state index contributed by atoms with van der Waals surface area (Å²) in [4.78, 5) is 15.6. The average Bonchev–Trinajstić information content (AvgIpc) is 1.59. The van der Waals surface area contributed by atoms with Crippen molar-refractivity contribution in [1.82, 2.24) is 0 Å². The van der Waals surface area contributed by atoms with Crippen molar-refractivity contribution in [3.8, 4) is 0 Å². The Morgan fingerprint density at radius 1 is 1.10 bits per heavy atom. The Morgan fingerprint density at radius 2 is 1.40 bits per heavy atom. The molecule has 0 aliphatic carbocycles. The summed E-state index contributed by atoms with van der Waals surface area (Å²) in [5.41, 5.74) is 0. The van der Waals surface area contributed by atoms with Gasteiger partial charge in [-0.05, 0) is 0 Å². The molecule has 0 aromatic carbocycles. The van der Waals surface area contributed by atoms with Gasteiger partial charge in [-0.15, -0.1) is 0 Å². The van der Waals surface area contributed by atoms with Gasteiger partial charge >= 0.3 is 6.17 Å². The first-order valence-electron chi connectivity index (χ1n) is 2.02. The molecule has 0 heterocycles. The largest absolute Gasteiger partial charge is 0.479 e. The van der Waals surface area contributed by atoms with Gasteiger partial charge in [-0.3, -0.25) is 20.2 Å². The van der Waals surface area contributed by atoms with Crippen LogP contribution in [0.1, 0.15) is 0 Å². The van der Waals surface area contributed by atoms with Gasteiger partial charge in [-0.25, -0.2) is 0 Å². The molecule has 0 fully saturated rings. The first-order chi connectivity index (χ1) is 4.46. The van der Waals surface area contributed by atoms with Gasteiger partial charge in [-0.1, -0.05) is 23.2 Å². The third-order valence-corrected chi connectivity index (χ3v) is 1.11. The minimum absolute atomic E-state index is 1.15. The lowest BCUT2D eigenvalue weighted by atomic mass is 10.6. The molecular formula is C2H2Cl2N2O4. The second-order valence-electron chi connectivity index (χ2n) is 1.32. The van der Waals surface area contributed by atoms with Crippen LogP contribution in [0.4, 0.5) is 0 Å². The van der Waals surface area contributed by atoms with E-state index in [2.05, 4.69) is 0 Å². The van der Waals surface area contributed by atoms with E-state index in [1.54, 1.807) is 0 Å². The lowest BCUT2D eigenvalue weighted by molar-refractivity contribution is -0.738. The fraction of sp³-hybridized carbons (Fsp3) is 1.00. The molecule has 6 nitrogen and oxygen atoms in total. The molecule has 0 N–H and O–H groups in total. The molecule has 0 amide bonds.